The van der Waals surface area contributed by atoms with Crippen LogP contribution in [0.5, 0.6) is 0 Å². The van der Waals surface area contributed by atoms with E-state index < -0.39 is 10.0 Å². The van der Waals surface area contributed by atoms with Gasteiger partial charge in [0.15, 0.2) is 5.03 Å². The Hall–Kier alpha value is -0.960. The van der Waals surface area contributed by atoms with E-state index >= 15 is 0 Å². The van der Waals surface area contributed by atoms with Gasteiger partial charge in [0.05, 0.1) is 0 Å². The number of hydrogen-bond donors (Lipinski definition) is 3. The van der Waals surface area contributed by atoms with E-state index in [1.165, 1.54) is 5.01 Å². The van der Waals surface area contributed by atoms with Gasteiger partial charge in [0.1, 0.15) is 0 Å². The van der Waals surface area contributed by atoms with Crippen molar-refractivity contribution >= 4 is 10.0 Å². The van der Waals surface area contributed by atoms with Crippen LogP contribution in [0.2, 0.25) is 0 Å². The van der Waals surface area contributed by atoms with Crippen LogP contribution >= 0.6 is 0 Å². The first-order valence-corrected chi connectivity index (χ1v) is 6.25. The number of aromatic amines is 1. The van der Waals surface area contributed by atoms with Gasteiger partial charge in [0.25, 0.3) is 10.0 Å². The Kier molecular flexibility index (Phi) is 4.03. The Labute approximate surface area is 95.2 Å². The summed E-state index contributed by atoms with van der Waals surface area (Å²) in [4.78, 5) is 2.34. The first kappa shape index (κ1) is 13.1. The zero-order chi connectivity index (χ0) is 12.3. The molecule has 0 aromatic carbocycles. The van der Waals surface area contributed by atoms with E-state index in [0.717, 1.165) is 5.69 Å². The molecule has 0 atom stereocenters. The highest BCUT2D eigenvalue weighted by Gasteiger charge is 2.23. The lowest BCUT2D eigenvalue weighted by atomic mass is 10.3. The van der Waals surface area contributed by atoms with Gasteiger partial charge in [-0.05, 0) is 14.0 Å². The number of hydrazine groups is 1. The van der Waals surface area contributed by atoms with E-state index in [2.05, 4.69) is 20.3 Å². The number of sulfonamides is 1. The summed E-state index contributed by atoms with van der Waals surface area (Å²) in [5.41, 5.74) is 1.39. The number of nitrogens with one attached hydrogen (secondary N) is 3. The highest BCUT2D eigenvalue weighted by atomic mass is 32.2. The van der Waals surface area contributed by atoms with E-state index in [4.69, 9.17) is 0 Å². The second-order valence-electron chi connectivity index (χ2n) is 3.65. The molecule has 0 aliphatic carbocycles. The standard InChI is InChI=1S/C8H17N5O2S/c1-6-7(5-9-2)8(11-10-6)16(14,15)12-13(3)4/h9,12H,5H2,1-4H3,(H,10,11). The molecule has 0 saturated carbocycles. The molecule has 0 unspecified atom stereocenters. The van der Waals surface area contributed by atoms with Gasteiger partial charge >= 0.3 is 0 Å². The molecule has 16 heavy (non-hydrogen) atoms. The lowest BCUT2D eigenvalue weighted by molar-refractivity contribution is 0.363. The summed E-state index contributed by atoms with van der Waals surface area (Å²) in [6, 6.07) is 0. The minimum absolute atomic E-state index is 0.0352. The Bertz CT molecular complexity index is 451. The Balaban J connectivity index is 3.12. The summed E-state index contributed by atoms with van der Waals surface area (Å²) in [5.74, 6) is 0. The third-order valence-corrected chi connectivity index (χ3v) is 3.40. The fourth-order valence-electron chi connectivity index (χ4n) is 1.32. The normalized spacial score (nSPS) is 12.3. The first-order chi connectivity index (χ1) is 7.38. The zero-order valence-corrected chi connectivity index (χ0v) is 10.6. The number of nitrogens with zero attached hydrogens (tertiary/aromatic N) is 2. The van der Waals surface area contributed by atoms with Crippen LogP contribution in [-0.4, -0.2) is 44.8 Å². The van der Waals surface area contributed by atoms with Gasteiger partial charge in [0.2, 0.25) is 0 Å². The van der Waals surface area contributed by atoms with Crippen molar-refractivity contribution in [3.63, 3.8) is 0 Å². The molecule has 0 bridgehead atoms. The van der Waals surface area contributed by atoms with Crippen molar-refractivity contribution in [2.24, 2.45) is 0 Å². The maximum absolute atomic E-state index is 11.9. The Morgan fingerprint density at radius 1 is 1.44 bits per heavy atom. The van der Waals surface area contributed by atoms with Gasteiger partial charge in [-0.15, -0.1) is 4.83 Å². The van der Waals surface area contributed by atoms with Crippen molar-refractivity contribution in [1.29, 1.82) is 0 Å². The second kappa shape index (κ2) is 4.91. The third-order valence-electron chi connectivity index (χ3n) is 1.95. The largest absolute Gasteiger partial charge is 0.316 e. The zero-order valence-electron chi connectivity index (χ0n) is 9.83. The lowest BCUT2D eigenvalue weighted by Crippen LogP contribution is -2.36. The molecule has 0 saturated heterocycles. The quantitative estimate of drug-likeness (QED) is 0.592. The van der Waals surface area contributed by atoms with Crippen LogP contribution < -0.4 is 10.1 Å². The van der Waals surface area contributed by atoms with Crippen molar-refractivity contribution in [1.82, 2.24) is 25.4 Å². The summed E-state index contributed by atoms with van der Waals surface area (Å²) in [6.07, 6.45) is 0. The molecule has 92 valence electrons. The van der Waals surface area contributed by atoms with Crippen LogP contribution in [0, 0.1) is 6.92 Å². The summed E-state index contributed by atoms with van der Waals surface area (Å²) in [5, 5.41) is 10.8. The van der Waals surface area contributed by atoms with E-state index in [0.29, 0.717) is 12.1 Å². The molecule has 1 aromatic rings. The molecular formula is C8H17N5O2S. The molecule has 1 heterocycles. The van der Waals surface area contributed by atoms with Crippen molar-refractivity contribution in [2.75, 3.05) is 21.1 Å². The minimum atomic E-state index is -3.60. The third kappa shape index (κ3) is 2.79. The van der Waals surface area contributed by atoms with Gasteiger partial charge in [-0.25, -0.2) is 13.4 Å². The summed E-state index contributed by atoms with van der Waals surface area (Å²) in [7, 11) is 1.37. The second-order valence-corrected chi connectivity index (χ2v) is 5.23. The fraction of sp³-hybridized carbons (Fsp3) is 0.625. The number of aromatic nitrogens is 2. The SMILES string of the molecule is CNCc1c(S(=O)(=O)NN(C)C)n[nH]c1C. The summed E-state index contributed by atoms with van der Waals surface area (Å²) in [6.45, 7) is 2.24. The lowest BCUT2D eigenvalue weighted by Gasteiger charge is -2.11. The van der Waals surface area contributed by atoms with E-state index in [1.54, 1.807) is 28.1 Å². The Morgan fingerprint density at radius 3 is 2.56 bits per heavy atom. The van der Waals surface area contributed by atoms with Crippen LogP contribution in [0.15, 0.2) is 5.03 Å². The van der Waals surface area contributed by atoms with Gasteiger partial charge in [-0.2, -0.15) is 5.10 Å². The highest BCUT2D eigenvalue weighted by molar-refractivity contribution is 7.89. The van der Waals surface area contributed by atoms with E-state index in [-0.39, 0.29) is 5.03 Å². The predicted molar refractivity (Wildman–Crippen MR) is 60.1 cm³/mol. The molecule has 8 heteroatoms. The smallest absolute Gasteiger partial charge is 0.273 e. The Morgan fingerprint density at radius 2 is 2.06 bits per heavy atom. The van der Waals surface area contributed by atoms with Crippen LogP contribution in [0.3, 0.4) is 0 Å². The van der Waals surface area contributed by atoms with E-state index in [1.807, 2.05) is 0 Å². The van der Waals surface area contributed by atoms with Crippen molar-refractivity contribution in [3.8, 4) is 0 Å². The molecule has 1 rings (SSSR count). The number of H-pyrrole nitrogens is 1. The molecule has 0 fully saturated rings. The van der Waals surface area contributed by atoms with Crippen molar-refractivity contribution in [2.45, 2.75) is 18.5 Å². The predicted octanol–water partition coefficient (Wildman–Crippen LogP) is -0.808. The molecule has 1 aromatic heterocycles. The average Bonchev–Trinajstić information content (AvgIpc) is 2.47. The minimum Gasteiger partial charge on any atom is -0.316 e. The van der Waals surface area contributed by atoms with Crippen LogP contribution in [0.25, 0.3) is 0 Å². The van der Waals surface area contributed by atoms with Crippen molar-refractivity contribution in [3.05, 3.63) is 11.3 Å². The molecule has 7 nitrogen and oxygen atoms in total. The van der Waals surface area contributed by atoms with Crippen LogP contribution in [0.4, 0.5) is 0 Å². The molecule has 0 radical (unpaired) electrons. The van der Waals surface area contributed by atoms with Crippen molar-refractivity contribution < 1.29 is 8.42 Å². The number of aryl methyl sites for hydroxylation is 1. The van der Waals surface area contributed by atoms with E-state index in [9.17, 15) is 8.42 Å². The number of hydrogen-bond acceptors (Lipinski definition) is 5. The monoisotopic (exact) mass is 247 g/mol. The molecule has 0 spiro atoms. The number of rotatable bonds is 5. The first-order valence-electron chi connectivity index (χ1n) is 4.76. The summed E-state index contributed by atoms with van der Waals surface area (Å²) >= 11 is 0. The van der Waals surface area contributed by atoms with Gasteiger partial charge in [-0.1, -0.05) is 0 Å². The maximum atomic E-state index is 11.9. The maximum Gasteiger partial charge on any atom is 0.273 e. The summed E-state index contributed by atoms with van der Waals surface area (Å²) < 4.78 is 23.8. The molecular weight excluding hydrogens is 230 g/mol. The molecule has 0 aliphatic heterocycles. The van der Waals surface area contributed by atoms with Gasteiger partial charge in [0, 0.05) is 31.9 Å². The highest BCUT2D eigenvalue weighted by Crippen LogP contribution is 2.15. The molecule has 0 amide bonds. The molecule has 0 aliphatic rings. The van der Waals surface area contributed by atoms with Gasteiger partial charge < -0.3 is 5.32 Å². The molecule has 3 N–H and O–H groups in total. The fourth-order valence-corrected chi connectivity index (χ4v) is 2.60. The topological polar surface area (TPSA) is 90.1 Å². The van der Waals surface area contributed by atoms with Crippen LogP contribution in [-0.2, 0) is 16.6 Å². The van der Waals surface area contributed by atoms with Crippen LogP contribution in [0.1, 0.15) is 11.3 Å². The van der Waals surface area contributed by atoms with Gasteiger partial charge in [-0.3, -0.25) is 5.10 Å². The average molecular weight is 247 g/mol.